The third-order valence-electron chi connectivity index (χ3n) is 7.23. The van der Waals surface area contributed by atoms with Crippen molar-refractivity contribution in [3.63, 3.8) is 0 Å². The second-order valence-electron chi connectivity index (χ2n) is 9.40. The molecule has 0 saturated carbocycles. The molecule has 5 heteroatoms. The fourth-order valence-corrected chi connectivity index (χ4v) is 6.40. The summed E-state index contributed by atoms with van der Waals surface area (Å²) in [5, 5.41) is 19.1. The van der Waals surface area contributed by atoms with E-state index in [0.29, 0.717) is 5.82 Å². The summed E-state index contributed by atoms with van der Waals surface area (Å²) in [6, 6.07) is 48.3. The van der Waals surface area contributed by atoms with Crippen molar-refractivity contribution in [1.82, 2.24) is 20.2 Å². The maximum Gasteiger partial charge on any atom is 0.206 e. The van der Waals surface area contributed by atoms with Gasteiger partial charge >= 0.3 is 0 Å². The molecular weight excluding hydrogens is 496 g/mol. The van der Waals surface area contributed by atoms with Crippen molar-refractivity contribution >= 4 is 22.1 Å². The van der Waals surface area contributed by atoms with E-state index in [4.69, 9.17) is 10.3 Å². The summed E-state index contributed by atoms with van der Waals surface area (Å²) in [7, 11) is 0. The molecular formula is C34H24N4S. The largest absolute Gasteiger partial charge is 0.206 e. The summed E-state index contributed by atoms with van der Waals surface area (Å²) >= 11 is 1.70. The van der Waals surface area contributed by atoms with Gasteiger partial charge in [-0.05, 0) is 44.1 Å². The van der Waals surface area contributed by atoms with Gasteiger partial charge in [0.2, 0.25) is 5.82 Å². The lowest BCUT2D eigenvalue weighted by Gasteiger charge is -2.34. The van der Waals surface area contributed by atoms with Crippen molar-refractivity contribution in [1.29, 1.82) is 0 Å². The zero-order valence-corrected chi connectivity index (χ0v) is 21.9. The monoisotopic (exact) mass is 520 g/mol. The number of rotatable bonds is 6. The zero-order chi connectivity index (χ0) is 26.1. The van der Waals surface area contributed by atoms with E-state index in [0.717, 1.165) is 27.1 Å². The van der Waals surface area contributed by atoms with Crippen molar-refractivity contribution < 1.29 is 0 Å². The number of nitrogens with zero attached hydrogens (tertiary/aromatic N) is 4. The second-order valence-corrected chi connectivity index (χ2v) is 10.3. The van der Waals surface area contributed by atoms with Crippen LogP contribution in [0.3, 0.4) is 0 Å². The summed E-state index contributed by atoms with van der Waals surface area (Å²) < 4.78 is 0. The Kier molecular flexibility index (Phi) is 5.83. The predicted octanol–water partition coefficient (Wildman–Crippen LogP) is 8.06. The van der Waals surface area contributed by atoms with Gasteiger partial charge in [0.05, 0.1) is 0 Å². The van der Waals surface area contributed by atoms with E-state index < -0.39 is 5.54 Å². The van der Waals surface area contributed by atoms with Crippen LogP contribution in [0.2, 0.25) is 0 Å². The fraction of sp³-hybridized carbons (Fsp3) is 0.0294. The number of benzene rings is 5. The first kappa shape index (κ1) is 23.3. The van der Waals surface area contributed by atoms with Gasteiger partial charge < -0.3 is 0 Å². The standard InChI is InChI=1S/C34H24N4S/c1-4-15-26(16-5-1)34(27-17-6-2-7-18-27,28-19-8-3-9-20-28)38-36-33(35-37-38)31-23-24-39-32(31)30-22-12-14-25-13-10-11-21-29(25)30/h1-24H. The van der Waals surface area contributed by atoms with Gasteiger partial charge in [-0.15, -0.1) is 26.3 Å². The number of tetrazole rings is 1. The SMILES string of the molecule is c1ccc(C(c2ccccc2)(c2ccccc2)n2nnc(-c3ccsc3-c3cccc4ccccc34)n2)cc1. The maximum absolute atomic E-state index is 5.12. The Morgan fingerprint density at radius 3 is 1.74 bits per heavy atom. The second kappa shape index (κ2) is 9.78. The average molecular weight is 521 g/mol. The molecule has 0 fully saturated rings. The molecule has 0 atom stereocenters. The lowest BCUT2D eigenvalue weighted by molar-refractivity contribution is 0.396. The molecule has 0 bridgehead atoms. The highest BCUT2D eigenvalue weighted by atomic mass is 32.1. The lowest BCUT2D eigenvalue weighted by Crippen LogP contribution is -2.39. The summed E-state index contributed by atoms with van der Waals surface area (Å²) in [6.07, 6.45) is 0. The molecule has 7 rings (SSSR count). The highest BCUT2D eigenvalue weighted by Gasteiger charge is 2.41. The Hall–Kier alpha value is -4.87. The van der Waals surface area contributed by atoms with Crippen LogP contribution in [0.5, 0.6) is 0 Å². The Balaban J connectivity index is 1.45. The van der Waals surface area contributed by atoms with Crippen LogP contribution < -0.4 is 0 Å². The molecule has 7 aromatic rings. The van der Waals surface area contributed by atoms with Gasteiger partial charge in [0.1, 0.15) is 0 Å². The summed E-state index contributed by atoms with van der Waals surface area (Å²) in [6.45, 7) is 0. The minimum atomic E-state index is -0.801. The molecule has 2 aromatic heterocycles. The van der Waals surface area contributed by atoms with E-state index in [1.165, 1.54) is 16.3 Å². The minimum Gasteiger partial charge on any atom is -0.144 e. The van der Waals surface area contributed by atoms with E-state index in [-0.39, 0.29) is 0 Å². The normalized spacial score (nSPS) is 11.6. The van der Waals surface area contributed by atoms with E-state index in [1.807, 2.05) is 18.2 Å². The van der Waals surface area contributed by atoms with E-state index in [1.54, 1.807) is 16.1 Å². The van der Waals surface area contributed by atoms with Gasteiger partial charge in [0.15, 0.2) is 5.54 Å². The summed E-state index contributed by atoms with van der Waals surface area (Å²) in [5.74, 6) is 0.603. The Labute approximate surface area is 230 Å². The van der Waals surface area contributed by atoms with Crippen LogP contribution in [0.4, 0.5) is 0 Å². The molecule has 0 unspecified atom stereocenters. The van der Waals surface area contributed by atoms with Crippen molar-refractivity contribution in [3.05, 3.63) is 162 Å². The van der Waals surface area contributed by atoms with Crippen molar-refractivity contribution in [2.45, 2.75) is 5.54 Å². The molecule has 0 aliphatic carbocycles. The molecule has 0 spiro atoms. The van der Waals surface area contributed by atoms with Gasteiger partial charge in [-0.2, -0.15) is 0 Å². The highest BCUT2D eigenvalue weighted by Crippen LogP contribution is 2.42. The maximum atomic E-state index is 5.12. The number of hydrogen-bond acceptors (Lipinski definition) is 4. The molecule has 0 aliphatic rings. The highest BCUT2D eigenvalue weighted by molar-refractivity contribution is 7.14. The van der Waals surface area contributed by atoms with Gasteiger partial charge in [0, 0.05) is 16.0 Å². The van der Waals surface area contributed by atoms with Crippen molar-refractivity contribution in [2.75, 3.05) is 0 Å². The first-order chi connectivity index (χ1) is 19.4. The van der Waals surface area contributed by atoms with Crippen molar-refractivity contribution in [3.8, 4) is 21.8 Å². The Morgan fingerprint density at radius 2 is 1.10 bits per heavy atom. The molecule has 2 heterocycles. The zero-order valence-electron chi connectivity index (χ0n) is 21.1. The first-order valence-electron chi connectivity index (χ1n) is 12.9. The molecule has 0 N–H and O–H groups in total. The number of fused-ring (bicyclic) bond motifs is 1. The smallest absolute Gasteiger partial charge is 0.144 e. The summed E-state index contributed by atoms with van der Waals surface area (Å²) in [4.78, 5) is 2.92. The first-order valence-corrected chi connectivity index (χ1v) is 13.8. The average Bonchev–Trinajstić information content (AvgIpc) is 3.70. The molecule has 0 aliphatic heterocycles. The topological polar surface area (TPSA) is 43.6 Å². The van der Waals surface area contributed by atoms with Gasteiger partial charge in [-0.3, -0.25) is 0 Å². The molecule has 0 saturated heterocycles. The minimum absolute atomic E-state index is 0.603. The molecule has 186 valence electrons. The van der Waals surface area contributed by atoms with E-state index in [2.05, 4.69) is 132 Å². The van der Waals surface area contributed by atoms with Crippen molar-refractivity contribution in [2.24, 2.45) is 0 Å². The van der Waals surface area contributed by atoms with E-state index in [9.17, 15) is 0 Å². The van der Waals surface area contributed by atoms with Crippen LogP contribution >= 0.6 is 11.3 Å². The number of aromatic nitrogens is 4. The molecule has 4 nitrogen and oxygen atoms in total. The van der Waals surface area contributed by atoms with Crippen LogP contribution in [0, 0.1) is 0 Å². The third kappa shape index (κ3) is 3.87. The fourth-order valence-electron chi connectivity index (χ4n) is 5.47. The Bertz CT molecular complexity index is 1760. The molecule has 0 amide bonds. The Morgan fingerprint density at radius 1 is 0.538 bits per heavy atom. The third-order valence-corrected chi connectivity index (χ3v) is 8.18. The van der Waals surface area contributed by atoms with Gasteiger partial charge in [0.25, 0.3) is 0 Å². The molecule has 0 radical (unpaired) electrons. The van der Waals surface area contributed by atoms with Gasteiger partial charge in [-0.1, -0.05) is 133 Å². The number of hydrogen-bond donors (Lipinski definition) is 0. The van der Waals surface area contributed by atoms with Crippen LogP contribution in [0.15, 0.2) is 145 Å². The molecule has 5 aromatic carbocycles. The van der Waals surface area contributed by atoms with Crippen LogP contribution in [-0.4, -0.2) is 20.2 Å². The number of thiophene rings is 1. The predicted molar refractivity (Wildman–Crippen MR) is 159 cm³/mol. The van der Waals surface area contributed by atoms with E-state index >= 15 is 0 Å². The quantitative estimate of drug-likeness (QED) is 0.208. The summed E-state index contributed by atoms with van der Waals surface area (Å²) in [5.41, 5.74) is 4.54. The van der Waals surface area contributed by atoms with Crippen LogP contribution in [-0.2, 0) is 5.54 Å². The van der Waals surface area contributed by atoms with Crippen LogP contribution in [0.25, 0.3) is 32.6 Å². The molecule has 39 heavy (non-hydrogen) atoms. The lowest BCUT2D eigenvalue weighted by atomic mass is 9.77. The van der Waals surface area contributed by atoms with Gasteiger partial charge in [-0.25, -0.2) is 0 Å². The van der Waals surface area contributed by atoms with Crippen LogP contribution in [0.1, 0.15) is 16.7 Å².